The van der Waals surface area contributed by atoms with Crippen molar-refractivity contribution in [2.24, 2.45) is 5.73 Å². The molecule has 0 atom stereocenters. The lowest BCUT2D eigenvalue weighted by Gasteiger charge is -2.31. The van der Waals surface area contributed by atoms with Gasteiger partial charge in [-0.25, -0.2) is 0 Å². The van der Waals surface area contributed by atoms with E-state index in [1.165, 1.54) is 0 Å². The van der Waals surface area contributed by atoms with Gasteiger partial charge in [0.2, 0.25) is 0 Å². The second kappa shape index (κ2) is 7.70. The van der Waals surface area contributed by atoms with Crippen molar-refractivity contribution in [2.75, 3.05) is 6.54 Å². The van der Waals surface area contributed by atoms with Crippen LogP contribution in [-0.2, 0) is 6.54 Å². The highest BCUT2D eigenvalue weighted by atomic mass is 35.5. The number of carbonyl (C=O) groups excluding carboxylic acids is 1. The standard InChI is InChI=1S/C15H27N3O.ClH/c1-6-15(7-2,10-16)17-14(19)13-9-11(4)18(8-3)12(13)5;/h9H,6-8,10,16H2,1-5H3,(H,17,19);1H. The lowest BCUT2D eigenvalue weighted by Crippen LogP contribution is -2.52. The predicted molar refractivity (Wildman–Crippen MR) is 86.7 cm³/mol. The number of halogens is 1. The fourth-order valence-electron chi connectivity index (χ4n) is 2.59. The Kier molecular flexibility index (Phi) is 7.31. The smallest absolute Gasteiger partial charge is 0.253 e. The number of aryl methyl sites for hydroxylation is 1. The van der Waals surface area contributed by atoms with E-state index in [0.29, 0.717) is 6.54 Å². The largest absolute Gasteiger partial charge is 0.349 e. The van der Waals surface area contributed by atoms with Gasteiger partial charge in [-0.2, -0.15) is 0 Å². The molecule has 1 aromatic heterocycles. The van der Waals surface area contributed by atoms with Crippen molar-refractivity contribution in [1.82, 2.24) is 9.88 Å². The molecule has 0 aromatic carbocycles. The molecule has 0 bridgehead atoms. The van der Waals surface area contributed by atoms with E-state index in [0.717, 1.165) is 36.3 Å². The van der Waals surface area contributed by atoms with Crippen LogP contribution in [0, 0.1) is 13.8 Å². The van der Waals surface area contributed by atoms with Crippen LogP contribution in [0.15, 0.2) is 6.07 Å². The molecule has 0 aliphatic heterocycles. The summed E-state index contributed by atoms with van der Waals surface area (Å²) in [5, 5.41) is 3.12. The molecule has 1 amide bonds. The molecule has 0 aliphatic rings. The van der Waals surface area contributed by atoms with E-state index in [4.69, 9.17) is 5.73 Å². The summed E-state index contributed by atoms with van der Waals surface area (Å²) in [6, 6.07) is 1.96. The molecule has 20 heavy (non-hydrogen) atoms. The monoisotopic (exact) mass is 301 g/mol. The van der Waals surface area contributed by atoms with Crippen molar-refractivity contribution in [2.45, 2.75) is 59.5 Å². The normalized spacial score (nSPS) is 11.1. The molecule has 1 aromatic rings. The molecule has 1 rings (SSSR count). The van der Waals surface area contributed by atoms with Gasteiger partial charge in [0.15, 0.2) is 0 Å². The van der Waals surface area contributed by atoms with E-state index < -0.39 is 0 Å². The number of amides is 1. The second-order valence-corrected chi connectivity index (χ2v) is 5.17. The highest BCUT2D eigenvalue weighted by molar-refractivity contribution is 5.96. The molecule has 3 N–H and O–H groups in total. The van der Waals surface area contributed by atoms with E-state index in [-0.39, 0.29) is 23.9 Å². The van der Waals surface area contributed by atoms with Crippen molar-refractivity contribution in [3.63, 3.8) is 0 Å². The third-order valence-corrected chi connectivity index (χ3v) is 4.26. The number of carbonyl (C=O) groups is 1. The Morgan fingerprint density at radius 3 is 2.20 bits per heavy atom. The molecule has 5 heteroatoms. The Bertz CT molecular complexity index is 442. The maximum absolute atomic E-state index is 12.5. The molecule has 4 nitrogen and oxygen atoms in total. The third-order valence-electron chi connectivity index (χ3n) is 4.26. The minimum atomic E-state index is -0.286. The van der Waals surface area contributed by atoms with Gasteiger partial charge in [0.1, 0.15) is 0 Å². The first kappa shape index (κ1) is 19.0. The number of aromatic nitrogens is 1. The number of nitrogens with one attached hydrogen (secondary N) is 1. The van der Waals surface area contributed by atoms with Gasteiger partial charge in [-0.3, -0.25) is 4.79 Å². The van der Waals surface area contributed by atoms with Gasteiger partial charge in [-0.05, 0) is 39.7 Å². The highest BCUT2D eigenvalue weighted by Crippen LogP contribution is 2.18. The first-order valence-corrected chi connectivity index (χ1v) is 7.14. The SMILES string of the molecule is CCn1c(C)cc(C(=O)NC(CC)(CC)CN)c1C.Cl. The summed E-state index contributed by atoms with van der Waals surface area (Å²) in [5.74, 6) is -0.0121. The first-order chi connectivity index (χ1) is 8.94. The van der Waals surface area contributed by atoms with Crippen LogP contribution >= 0.6 is 12.4 Å². The number of hydrogen-bond acceptors (Lipinski definition) is 2. The minimum absolute atomic E-state index is 0. The van der Waals surface area contributed by atoms with Crippen molar-refractivity contribution in [3.8, 4) is 0 Å². The van der Waals surface area contributed by atoms with Crippen molar-refractivity contribution in [1.29, 1.82) is 0 Å². The quantitative estimate of drug-likeness (QED) is 0.849. The highest BCUT2D eigenvalue weighted by Gasteiger charge is 2.28. The Hall–Kier alpha value is -1.00. The molecule has 0 saturated heterocycles. The van der Waals surface area contributed by atoms with Gasteiger partial charge in [-0.15, -0.1) is 12.4 Å². The Labute approximate surface area is 128 Å². The van der Waals surface area contributed by atoms with Crippen molar-refractivity contribution >= 4 is 18.3 Å². The van der Waals surface area contributed by atoms with Crippen LogP contribution in [0.2, 0.25) is 0 Å². The summed E-state index contributed by atoms with van der Waals surface area (Å²) in [7, 11) is 0. The van der Waals surface area contributed by atoms with E-state index in [9.17, 15) is 4.79 Å². The Balaban J connectivity index is 0.00000361. The molecule has 0 spiro atoms. The molecule has 0 saturated carbocycles. The molecule has 0 aliphatic carbocycles. The molecule has 0 unspecified atom stereocenters. The second-order valence-electron chi connectivity index (χ2n) is 5.17. The van der Waals surface area contributed by atoms with Gasteiger partial charge >= 0.3 is 0 Å². The number of nitrogens with two attached hydrogens (primary N) is 1. The molecular weight excluding hydrogens is 274 g/mol. The fourth-order valence-corrected chi connectivity index (χ4v) is 2.59. The summed E-state index contributed by atoms with van der Waals surface area (Å²) < 4.78 is 2.15. The van der Waals surface area contributed by atoms with Gasteiger partial charge < -0.3 is 15.6 Å². The van der Waals surface area contributed by atoms with Crippen LogP contribution in [0.3, 0.4) is 0 Å². The van der Waals surface area contributed by atoms with Crippen LogP contribution in [-0.4, -0.2) is 22.6 Å². The number of hydrogen-bond donors (Lipinski definition) is 2. The maximum Gasteiger partial charge on any atom is 0.253 e. The summed E-state index contributed by atoms with van der Waals surface area (Å²) in [4.78, 5) is 12.5. The molecule has 116 valence electrons. The van der Waals surface area contributed by atoms with Gasteiger partial charge in [0.05, 0.1) is 11.1 Å². The summed E-state index contributed by atoms with van der Waals surface area (Å²) in [6.45, 7) is 11.6. The van der Waals surface area contributed by atoms with Gasteiger partial charge in [0, 0.05) is 24.5 Å². The zero-order valence-electron chi connectivity index (χ0n) is 13.2. The van der Waals surface area contributed by atoms with E-state index in [1.807, 2.05) is 19.9 Å². The minimum Gasteiger partial charge on any atom is -0.349 e. The van der Waals surface area contributed by atoms with E-state index >= 15 is 0 Å². The third kappa shape index (κ3) is 3.55. The number of rotatable bonds is 6. The summed E-state index contributed by atoms with van der Waals surface area (Å²) in [5.41, 5.74) is 8.46. The van der Waals surface area contributed by atoms with Crippen LogP contribution in [0.25, 0.3) is 0 Å². The lowest BCUT2D eigenvalue weighted by atomic mass is 9.92. The Morgan fingerprint density at radius 2 is 1.85 bits per heavy atom. The zero-order chi connectivity index (χ0) is 14.6. The zero-order valence-corrected chi connectivity index (χ0v) is 14.1. The van der Waals surface area contributed by atoms with Crippen molar-refractivity contribution in [3.05, 3.63) is 23.0 Å². The van der Waals surface area contributed by atoms with E-state index in [1.54, 1.807) is 0 Å². The average molecular weight is 302 g/mol. The van der Waals surface area contributed by atoms with Crippen LogP contribution in [0.5, 0.6) is 0 Å². The molecule has 1 heterocycles. The molecular formula is C15H28ClN3O. The summed E-state index contributed by atoms with van der Waals surface area (Å²) in [6.07, 6.45) is 1.69. The predicted octanol–water partition coefficient (Wildman–Crippen LogP) is 2.79. The first-order valence-electron chi connectivity index (χ1n) is 7.14. The van der Waals surface area contributed by atoms with Crippen molar-refractivity contribution < 1.29 is 4.79 Å². The van der Waals surface area contributed by atoms with Crippen LogP contribution in [0.1, 0.15) is 55.4 Å². The Morgan fingerprint density at radius 1 is 1.30 bits per heavy atom. The number of nitrogens with zero attached hydrogens (tertiary/aromatic N) is 1. The van der Waals surface area contributed by atoms with Crippen LogP contribution in [0.4, 0.5) is 0 Å². The molecule has 0 radical (unpaired) electrons. The molecule has 0 fully saturated rings. The van der Waals surface area contributed by atoms with Gasteiger partial charge in [-0.1, -0.05) is 13.8 Å². The topological polar surface area (TPSA) is 60.0 Å². The van der Waals surface area contributed by atoms with E-state index in [2.05, 4.69) is 30.7 Å². The summed E-state index contributed by atoms with van der Waals surface area (Å²) >= 11 is 0. The van der Waals surface area contributed by atoms with Crippen LogP contribution < -0.4 is 11.1 Å². The van der Waals surface area contributed by atoms with Gasteiger partial charge in [0.25, 0.3) is 5.91 Å². The maximum atomic E-state index is 12.5. The fraction of sp³-hybridized carbons (Fsp3) is 0.667. The average Bonchev–Trinajstić information content (AvgIpc) is 2.71. The lowest BCUT2D eigenvalue weighted by molar-refractivity contribution is 0.0894.